The lowest BCUT2D eigenvalue weighted by molar-refractivity contribution is -0.386. The maximum Gasteiger partial charge on any atom is 0.312 e. The second-order valence-electron chi connectivity index (χ2n) is 4.84. The summed E-state index contributed by atoms with van der Waals surface area (Å²) in [5.74, 6) is 0.0136. The molecule has 0 N–H and O–H groups in total. The minimum atomic E-state index is -3.84. The molecule has 0 aliphatic rings. The van der Waals surface area contributed by atoms with E-state index < -0.39 is 14.9 Å². The van der Waals surface area contributed by atoms with E-state index in [1.807, 2.05) is 30.3 Å². The molecule has 2 aromatic carbocycles. The van der Waals surface area contributed by atoms with E-state index in [9.17, 15) is 18.5 Å². The number of ether oxygens (including phenoxy) is 1. The zero-order valence-electron chi connectivity index (χ0n) is 12.7. The molecular formula is C15H16N2O5S. The van der Waals surface area contributed by atoms with Crippen molar-refractivity contribution in [2.24, 2.45) is 0 Å². The van der Waals surface area contributed by atoms with Gasteiger partial charge in [-0.1, -0.05) is 30.3 Å². The molecule has 0 radical (unpaired) electrons. The number of rotatable bonds is 6. The van der Waals surface area contributed by atoms with Crippen LogP contribution in [-0.2, 0) is 16.6 Å². The number of methoxy groups -OCH3 is 1. The van der Waals surface area contributed by atoms with Crippen LogP contribution in [0.5, 0.6) is 5.75 Å². The smallest absolute Gasteiger partial charge is 0.312 e. The molecule has 0 unspecified atom stereocenters. The van der Waals surface area contributed by atoms with Gasteiger partial charge in [-0.05, 0) is 17.7 Å². The van der Waals surface area contributed by atoms with Crippen molar-refractivity contribution < 1.29 is 18.1 Å². The number of nitrogens with zero attached hydrogens (tertiary/aromatic N) is 2. The van der Waals surface area contributed by atoms with Gasteiger partial charge in [-0.25, -0.2) is 8.42 Å². The fourth-order valence-corrected chi connectivity index (χ4v) is 3.26. The van der Waals surface area contributed by atoms with E-state index >= 15 is 0 Å². The maximum absolute atomic E-state index is 12.6. The summed E-state index contributed by atoms with van der Waals surface area (Å²) in [6.45, 7) is 0.170. The van der Waals surface area contributed by atoms with Crippen molar-refractivity contribution in [2.45, 2.75) is 11.4 Å². The van der Waals surface area contributed by atoms with E-state index in [2.05, 4.69) is 0 Å². The highest BCUT2D eigenvalue weighted by Crippen LogP contribution is 2.30. The molecule has 0 atom stereocenters. The number of nitro groups is 1. The Morgan fingerprint density at radius 1 is 1.17 bits per heavy atom. The lowest BCUT2D eigenvalue weighted by Crippen LogP contribution is -2.26. The van der Waals surface area contributed by atoms with Gasteiger partial charge in [0, 0.05) is 19.7 Å². The Morgan fingerprint density at radius 3 is 2.39 bits per heavy atom. The number of benzene rings is 2. The Kier molecular flexibility index (Phi) is 4.97. The summed E-state index contributed by atoms with van der Waals surface area (Å²) in [6.07, 6.45) is 0. The molecule has 0 aliphatic carbocycles. The number of nitro benzene ring substituents is 1. The molecule has 0 spiro atoms. The minimum Gasteiger partial charge on any atom is -0.490 e. The number of hydrogen-bond donors (Lipinski definition) is 0. The topological polar surface area (TPSA) is 89.8 Å². The second-order valence-corrected chi connectivity index (χ2v) is 6.88. The lowest BCUT2D eigenvalue weighted by atomic mass is 10.2. The summed E-state index contributed by atoms with van der Waals surface area (Å²) in [5.41, 5.74) is 0.434. The highest BCUT2D eigenvalue weighted by atomic mass is 32.2. The van der Waals surface area contributed by atoms with Crippen LogP contribution in [0.1, 0.15) is 5.56 Å². The first-order valence-corrected chi connectivity index (χ1v) is 8.13. The van der Waals surface area contributed by atoms with Gasteiger partial charge in [0.2, 0.25) is 10.0 Å². The molecular weight excluding hydrogens is 320 g/mol. The second kappa shape index (κ2) is 6.76. The van der Waals surface area contributed by atoms with Gasteiger partial charge in [-0.15, -0.1) is 0 Å². The molecule has 0 bridgehead atoms. The maximum atomic E-state index is 12.6. The van der Waals surface area contributed by atoms with Crippen LogP contribution in [0.3, 0.4) is 0 Å². The van der Waals surface area contributed by atoms with E-state index in [-0.39, 0.29) is 22.9 Å². The van der Waals surface area contributed by atoms with Crippen LogP contribution in [0.15, 0.2) is 53.4 Å². The van der Waals surface area contributed by atoms with E-state index in [0.717, 1.165) is 15.9 Å². The van der Waals surface area contributed by atoms with Gasteiger partial charge in [-0.3, -0.25) is 10.1 Å². The van der Waals surface area contributed by atoms with E-state index in [0.29, 0.717) is 0 Å². The van der Waals surface area contributed by atoms with Crippen LogP contribution in [0.4, 0.5) is 5.69 Å². The van der Waals surface area contributed by atoms with Crippen molar-refractivity contribution in [2.75, 3.05) is 14.2 Å². The molecule has 8 heteroatoms. The normalized spacial score (nSPS) is 11.4. The van der Waals surface area contributed by atoms with Crippen molar-refractivity contribution in [1.82, 2.24) is 4.31 Å². The molecule has 0 heterocycles. The first-order valence-electron chi connectivity index (χ1n) is 6.69. The SMILES string of the molecule is COc1ccc(S(=O)(=O)N(C)Cc2ccccc2)cc1[N+](=O)[O-]. The summed E-state index contributed by atoms with van der Waals surface area (Å²) in [5, 5.41) is 11.0. The average molecular weight is 336 g/mol. The molecule has 0 saturated carbocycles. The third kappa shape index (κ3) is 3.66. The molecule has 2 aromatic rings. The van der Waals surface area contributed by atoms with Gasteiger partial charge in [0.25, 0.3) is 0 Å². The van der Waals surface area contributed by atoms with Gasteiger partial charge in [0.05, 0.1) is 16.9 Å². The summed E-state index contributed by atoms with van der Waals surface area (Å²) < 4.78 is 31.2. The third-order valence-electron chi connectivity index (χ3n) is 3.30. The molecule has 122 valence electrons. The lowest BCUT2D eigenvalue weighted by Gasteiger charge is -2.17. The van der Waals surface area contributed by atoms with Crippen LogP contribution in [-0.4, -0.2) is 31.8 Å². The first-order chi connectivity index (χ1) is 10.9. The van der Waals surface area contributed by atoms with E-state index in [1.165, 1.54) is 26.3 Å². The van der Waals surface area contributed by atoms with Crippen LogP contribution >= 0.6 is 0 Å². The zero-order chi connectivity index (χ0) is 17.0. The Balaban J connectivity index is 2.35. The average Bonchev–Trinajstić information content (AvgIpc) is 2.54. The van der Waals surface area contributed by atoms with E-state index in [4.69, 9.17) is 4.74 Å². The summed E-state index contributed by atoms with van der Waals surface area (Å²) in [6, 6.07) is 12.7. The quantitative estimate of drug-likeness (QED) is 0.597. The minimum absolute atomic E-state index is 0.0136. The molecule has 7 nitrogen and oxygen atoms in total. The van der Waals surface area contributed by atoms with Crippen LogP contribution in [0, 0.1) is 10.1 Å². The van der Waals surface area contributed by atoms with Crippen molar-refractivity contribution in [1.29, 1.82) is 0 Å². The highest BCUT2D eigenvalue weighted by Gasteiger charge is 2.25. The largest absolute Gasteiger partial charge is 0.490 e. The Hall–Kier alpha value is -2.45. The Labute approximate surface area is 134 Å². The monoisotopic (exact) mass is 336 g/mol. The zero-order valence-corrected chi connectivity index (χ0v) is 13.5. The van der Waals surface area contributed by atoms with Gasteiger partial charge in [0.1, 0.15) is 0 Å². The predicted molar refractivity (Wildman–Crippen MR) is 84.7 cm³/mol. The van der Waals surface area contributed by atoms with Gasteiger partial charge in [-0.2, -0.15) is 4.31 Å². The highest BCUT2D eigenvalue weighted by molar-refractivity contribution is 7.89. The van der Waals surface area contributed by atoms with Crippen LogP contribution < -0.4 is 4.74 Å². The third-order valence-corrected chi connectivity index (χ3v) is 5.10. The molecule has 0 aliphatic heterocycles. The molecule has 0 amide bonds. The van der Waals surface area contributed by atoms with Gasteiger partial charge < -0.3 is 4.74 Å². The standard InChI is InChI=1S/C15H16N2O5S/c1-16(11-12-6-4-3-5-7-12)23(20,21)13-8-9-15(22-2)14(10-13)17(18)19/h3-10H,11H2,1-2H3. The Bertz CT molecular complexity index is 806. The number of hydrogen-bond acceptors (Lipinski definition) is 5. The van der Waals surface area contributed by atoms with Gasteiger partial charge >= 0.3 is 5.69 Å². The molecule has 0 fully saturated rings. The molecule has 0 saturated heterocycles. The van der Waals surface area contributed by atoms with Crippen molar-refractivity contribution in [3.05, 3.63) is 64.2 Å². The van der Waals surface area contributed by atoms with Crippen LogP contribution in [0.2, 0.25) is 0 Å². The van der Waals surface area contributed by atoms with Crippen molar-refractivity contribution in [3.63, 3.8) is 0 Å². The van der Waals surface area contributed by atoms with Crippen molar-refractivity contribution in [3.8, 4) is 5.75 Å². The Morgan fingerprint density at radius 2 is 1.83 bits per heavy atom. The molecule has 23 heavy (non-hydrogen) atoms. The summed E-state index contributed by atoms with van der Waals surface area (Å²) >= 11 is 0. The summed E-state index contributed by atoms with van der Waals surface area (Å²) in [4.78, 5) is 10.2. The number of sulfonamides is 1. The summed E-state index contributed by atoms with van der Waals surface area (Å²) in [7, 11) is -1.13. The molecule has 0 aromatic heterocycles. The molecule has 2 rings (SSSR count). The van der Waals surface area contributed by atoms with Crippen molar-refractivity contribution >= 4 is 15.7 Å². The first kappa shape index (κ1) is 16.9. The fraction of sp³-hybridized carbons (Fsp3) is 0.200. The predicted octanol–water partition coefficient (Wildman–Crippen LogP) is 2.42. The van der Waals surface area contributed by atoms with Gasteiger partial charge in [0.15, 0.2) is 5.75 Å². The van der Waals surface area contributed by atoms with E-state index in [1.54, 1.807) is 0 Å². The van der Waals surface area contributed by atoms with Crippen LogP contribution in [0.25, 0.3) is 0 Å². The fourth-order valence-electron chi connectivity index (χ4n) is 2.08.